The lowest BCUT2D eigenvalue weighted by Crippen LogP contribution is -2.24. The summed E-state index contributed by atoms with van der Waals surface area (Å²) in [5.74, 6) is 0. The second-order valence-corrected chi connectivity index (χ2v) is 5.97. The van der Waals surface area contributed by atoms with Gasteiger partial charge in [-0.05, 0) is 61.6 Å². The molecule has 0 spiro atoms. The van der Waals surface area contributed by atoms with Crippen molar-refractivity contribution in [2.75, 3.05) is 5.32 Å². The standard InChI is InChI=1S/C15H17N3S2/c1-10-4-5-13(12(3)8-10)17-15(19)18-16-9-14-11(2)6-7-20-14/h4-9H,1-3H3,(H2,17,18,19). The number of thiophene rings is 1. The van der Waals surface area contributed by atoms with Crippen LogP contribution in [0, 0.1) is 20.8 Å². The highest BCUT2D eigenvalue weighted by Crippen LogP contribution is 2.16. The lowest BCUT2D eigenvalue weighted by atomic mass is 10.1. The van der Waals surface area contributed by atoms with Crippen LogP contribution in [-0.2, 0) is 0 Å². The zero-order chi connectivity index (χ0) is 14.5. The summed E-state index contributed by atoms with van der Waals surface area (Å²) in [6, 6.07) is 8.25. The molecule has 0 unspecified atom stereocenters. The Bertz CT molecular complexity index is 644. The van der Waals surface area contributed by atoms with Crippen LogP contribution in [0.25, 0.3) is 0 Å². The highest BCUT2D eigenvalue weighted by molar-refractivity contribution is 7.80. The van der Waals surface area contributed by atoms with Gasteiger partial charge in [-0.25, -0.2) is 0 Å². The SMILES string of the molecule is Cc1ccc(NC(=S)NN=Cc2sccc2C)c(C)c1. The molecular weight excluding hydrogens is 286 g/mol. The minimum atomic E-state index is 0.488. The van der Waals surface area contributed by atoms with E-state index in [1.54, 1.807) is 17.6 Å². The molecule has 0 radical (unpaired) electrons. The highest BCUT2D eigenvalue weighted by Gasteiger charge is 2.00. The van der Waals surface area contributed by atoms with Crippen molar-refractivity contribution >= 4 is 40.6 Å². The molecule has 0 bridgehead atoms. The van der Waals surface area contributed by atoms with E-state index in [-0.39, 0.29) is 0 Å². The van der Waals surface area contributed by atoms with Crippen molar-refractivity contribution < 1.29 is 0 Å². The van der Waals surface area contributed by atoms with Gasteiger partial charge in [0.2, 0.25) is 0 Å². The van der Waals surface area contributed by atoms with Crippen molar-refractivity contribution in [3.8, 4) is 0 Å². The molecule has 104 valence electrons. The van der Waals surface area contributed by atoms with Crippen molar-refractivity contribution in [3.05, 3.63) is 51.2 Å². The van der Waals surface area contributed by atoms with Crippen LogP contribution >= 0.6 is 23.6 Å². The van der Waals surface area contributed by atoms with E-state index in [1.165, 1.54) is 11.1 Å². The molecule has 3 nitrogen and oxygen atoms in total. The lowest BCUT2D eigenvalue weighted by Gasteiger charge is -2.10. The Morgan fingerprint density at radius 2 is 2.00 bits per heavy atom. The molecule has 0 atom stereocenters. The van der Waals surface area contributed by atoms with Gasteiger partial charge in [0.05, 0.1) is 6.21 Å². The molecule has 0 aliphatic carbocycles. The number of hydrazone groups is 1. The smallest absolute Gasteiger partial charge is 0.191 e. The van der Waals surface area contributed by atoms with E-state index in [0.717, 1.165) is 16.1 Å². The number of aryl methyl sites for hydroxylation is 3. The number of benzene rings is 1. The molecule has 2 N–H and O–H groups in total. The van der Waals surface area contributed by atoms with Crippen molar-refractivity contribution in [3.63, 3.8) is 0 Å². The van der Waals surface area contributed by atoms with Gasteiger partial charge in [-0.15, -0.1) is 11.3 Å². The average molecular weight is 303 g/mol. The quantitative estimate of drug-likeness (QED) is 0.511. The Labute approximate surface area is 128 Å². The summed E-state index contributed by atoms with van der Waals surface area (Å²) >= 11 is 6.88. The van der Waals surface area contributed by atoms with Crippen LogP contribution in [0.15, 0.2) is 34.7 Å². The van der Waals surface area contributed by atoms with Crippen molar-refractivity contribution in [1.82, 2.24) is 5.43 Å². The molecule has 0 amide bonds. The van der Waals surface area contributed by atoms with E-state index in [9.17, 15) is 0 Å². The first-order valence-electron chi connectivity index (χ1n) is 6.27. The molecule has 0 saturated carbocycles. The van der Waals surface area contributed by atoms with Gasteiger partial charge in [0.25, 0.3) is 0 Å². The Hall–Kier alpha value is -1.72. The molecule has 20 heavy (non-hydrogen) atoms. The van der Waals surface area contributed by atoms with E-state index in [4.69, 9.17) is 12.2 Å². The molecule has 1 aromatic heterocycles. The summed E-state index contributed by atoms with van der Waals surface area (Å²) in [7, 11) is 0. The van der Waals surface area contributed by atoms with Crippen molar-refractivity contribution in [2.45, 2.75) is 20.8 Å². The summed E-state index contributed by atoms with van der Waals surface area (Å²) in [5, 5.41) is 9.82. The van der Waals surface area contributed by atoms with Crippen LogP contribution in [0.1, 0.15) is 21.6 Å². The first-order valence-corrected chi connectivity index (χ1v) is 7.56. The molecule has 5 heteroatoms. The number of rotatable bonds is 3. The van der Waals surface area contributed by atoms with E-state index >= 15 is 0 Å². The maximum absolute atomic E-state index is 5.22. The number of hydrogen-bond acceptors (Lipinski definition) is 3. The fraction of sp³-hybridized carbons (Fsp3) is 0.200. The second kappa shape index (κ2) is 6.63. The van der Waals surface area contributed by atoms with Crippen LogP contribution in [0.2, 0.25) is 0 Å². The van der Waals surface area contributed by atoms with Gasteiger partial charge in [-0.3, -0.25) is 5.43 Å². The minimum absolute atomic E-state index is 0.488. The first-order chi connectivity index (χ1) is 9.56. The highest BCUT2D eigenvalue weighted by atomic mass is 32.1. The summed E-state index contributed by atoms with van der Waals surface area (Å²) in [6.45, 7) is 6.18. The molecule has 2 rings (SSSR count). The summed E-state index contributed by atoms with van der Waals surface area (Å²) in [5.41, 5.74) is 7.44. The number of anilines is 1. The number of hydrogen-bond donors (Lipinski definition) is 2. The molecule has 2 aromatic rings. The Kier molecular flexibility index (Phi) is 4.87. The van der Waals surface area contributed by atoms with Gasteiger partial charge in [0.15, 0.2) is 5.11 Å². The van der Waals surface area contributed by atoms with Gasteiger partial charge < -0.3 is 5.32 Å². The summed E-state index contributed by atoms with van der Waals surface area (Å²) < 4.78 is 0. The molecular formula is C15H17N3S2. The molecule has 0 saturated heterocycles. The van der Waals surface area contributed by atoms with Gasteiger partial charge >= 0.3 is 0 Å². The van der Waals surface area contributed by atoms with Crippen LogP contribution in [0.4, 0.5) is 5.69 Å². The Balaban J connectivity index is 1.93. The zero-order valence-electron chi connectivity index (χ0n) is 11.7. The summed E-state index contributed by atoms with van der Waals surface area (Å²) in [6.07, 6.45) is 1.79. The van der Waals surface area contributed by atoms with Gasteiger partial charge in [0, 0.05) is 10.6 Å². The first kappa shape index (κ1) is 14.7. The third-order valence-corrected chi connectivity index (χ3v) is 4.03. The monoisotopic (exact) mass is 303 g/mol. The van der Waals surface area contributed by atoms with Gasteiger partial charge in [-0.2, -0.15) is 5.10 Å². The number of nitrogens with zero attached hydrogens (tertiary/aromatic N) is 1. The maximum atomic E-state index is 5.22. The third kappa shape index (κ3) is 3.88. The van der Waals surface area contributed by atoms with Crippen molar-refractivity contribution in [1.29, 1.82) is 0 Å². The predicted octanol–water partition coefficient (Wildman–Crippen LogP) is 3.99. The molecule has 1 aromatic carbocycles. The Morgan fingerprint density at radius 3 is 2.65 bits per heavy atom. The van der Waals surface area contributed by atoms with Crippen LogP contribution in [0.5, 0.6) is 0 Å². The second-order valence-electron chi connectivity index (χ2n) is 4.61. The van der Waals surface area contributed by atoms with Gasteiger partial charge in [-0.1, -0.05) is 17.7 Å². The predicted molar refractivity (Wildman–Crippen MR) is 91.9 cm³/mol. The normalized spacial score (nSPS) is 10.8. The van der Waals surface area contributed by atoms with E-state index < -0.39 is 0 Å². The fourth-order valence-corrected chi connectivity index (χ4v) is 2.72. The molecule has 0 aliphatic rings. The average Bonchev–Trinajstić information content (AvgIpc) is 2.79. The maximum Gasteiger partial charge on any atom is 0.191 e. The van der Waals surface area contributed by atoms with Crippen molar-refractivity contribution in [2.24, 2.45) is 5.10 Å². The van der Waals surface area contributed by atoms with Crippen LogP contribution < -0.4 is 10.7 Å². The zero-order valence-corrected chi connectivity index (χ0v) is 13.4. The minimum Gasteiger partial charge on any atom is -0.331 e. The van der Waals surface area contributed by atoms with E-state index in [1.807, 2.05) is 11.4 Å². The van der Waals surface area contributed by atoms with Crippen LogP contribution in [0.3, 0.4) is 0 Å². The lowest BCUT2D eigenvalue weighted by molar-refractivity contribution is 1.05. The topological polar surface area (TPSA) is 36.4 Å². The largest absolute Gasteiger partial charge is 0.331 e. The fourth-order valence-electron chi connectivity index (χ4n) is 1.77. The van der Waals surface area contributed by atoms with E-state index in [2.05, 4.69) is 54.8 Å². The molecule has 0 aliphatic heterocycles. The number of nitrogens with one attached hydrogen (secondary N) is 2. The van der Waals surface area contributed by atoms with Gasteiger partial charge in [0.1, 0.15) is 0 Å². The number of thiocarbonyl (C=S) groups is 1. The molecule has 1 heterocycles. The third-order valence-electron chi connectivity index (χ3n) is 2.88. The Morgan fingerprint density at radius 1 is 1.20 bits per heavy atom. The van der Waals surface area contributed by atoms with Crippen LogP contribution in [-0.4, -0.2) is 11.3 Å². The molecule has 0 fully saturated rings. The van der Waals surface area contributed by atoms with E-state index in [0.29, 0.717) is 5.11 Å². The summed E-state index contributed by atoms with van der Waals surface area (Å²) in [4.78, 5) is 1.13.